The van der Waals surface area contributed by atoms with Crippen LogP contribution in [0.3, 0.4) is 0 Å². The second-order valence-electron chi connectivity index (χ2n) is 7.78. The number of halogens is 3. The van der Waals surface area contributed by atoms with Crippen LogP contribution >= 0.6 is 0 Å². The Bertz CT molecular complexity index is 1410. The Hall–Kier alpha value is -3.24. The van der Waals surface area contributed by atoms with Gasteiger partial charge in [-0.05, 0) is 42.7 Å². The third-order valence-corrected chi connectivity index (χ3v) is 7.58. The molecule has 3 amide bonds. The maximum Gasteiger partial charge on any atom is 0.501 e. The van der Waals surface area contributed by atoms with E-state index < -0.39 is 47.9 Å². The van der Waals surface area contributed by atoms with Crippen LogP contribution < -0.4 is 19.7 Å². The molecule has 1 aliphatic heterocycles. The molecule has 11 nitrogen and oxygen atoms in total. The Labute approximate surface area is 191 Å². The molecule has 0 bridgehead atoms. The lowest BCUT2D eigenvalue weighted by Gasteiger charge is -2.22. The maximum absolute atomic E-state index is 13.3. The van der Waals surface area contributed by atoms with E-state index in [9.17, 15) is 39.6 Å². The van der Waals surface area contributed by atoms with Crippen LogP contribution in [0.25, 0.3) is 0 Å². The number of carbonyl (C=O) groups is 2. The summed E-state index contributed by atoms with van der Waals surface area (Å²) in [6.45, 7) is 1.71. The molecule has 1 aliphatic carbocycles. The smallest absolute Gasteiger partial charge is 0.278 e. The molecular formula is C18H16F3N5O6S2. The molecule has 34 heavy (non-hydrogen) atoms. The van der Waals surface area contributed by atoms with E-state index in [0.717, 1.165) is 21.9 Å². The second kappa shape index (κ2) is 7.38. The van der Waals surface area contributed by atoms with Crippen LogP contribution in [0.5, 0.6) is 0 Å². The number of hydrogen-bond acceptors (Lipinski definition) is 7. The molecule has 2 heterocycles. The fourth-order valence-electron chi connectivity index (χ4n) is 3.90. The van der Waals surface area contributed by atoms with E-state index in [1.807, 2.05) is 4.72 Å². The summed E-state index contributed by atoms with van der Waals surface area (Å²) in [5.74, 6) is -1.15. The molecule has 1 aromatic carbocycles. The number of nitrogens with zero attached hydrogens (tertiary/aromatic N) is 3. The first kappa shape index (κ1) is 23.9. The maximum atomic E-state index is 13.3. The van der Waals surface area contributed by atoms with E-state index in [4.69, 9.17) is 5.14 Å². The number of benzene rings is 1. The molecule has 1 aromatic heterocycles. The minimum atomic E-state index is -5.61. The molecule has 2 aliphatic rings. The zero-order valence-corrected chi connectivity index (χ0v) is 18.8. The molecule has 3 N–H and O–H groups in total. The molecule has 16 heteroatoms. The molecule has 2 atom stereocenters. The molecule has 0 radical (unpaired) electrons. The van der Waals surface area contributed by atoms with Gasteiger partial charge < -0.3 is 0 Å². The van der Waals surface area contributed by atoms with Crippen LogP contribution in [0.15, 0.2) is 47.5 Å². The van der Waals surface area contributed by atoms with E-state index in [1.54, 1.807) is 6.92 Å². The summed E-state index contributed by atoms with van der Waals surface area (Å²) < 4.78 is 86.2. The van der Waals surface area contributed by atoms with Crippen LogP contribution in [-0.2, 0) is 24.8 Å². The Morgan fingerprint density at radius 2 is 1.68 bits per heavy atom. The SMILES string of the molecule is CC1CC12C(=O)N(c1ccc(S(=O)(=O)C(F)(F)F)cc1)C(=O)N2c1ccnc(NS(N)(=O)=O)c1. The third-order valence-electron chi connectivity index (χ3n) is 5.59. The van der Waals surface area contributed by atoms with Crippen molar-refractivity contribution in [3.05, 3.63) is 42.6 Å². The standard InChI is InChI=1S/C18H16F3N5O6S2/c1-10-9-17(10)15(27)25(11-2-4-13(5-3-11)33(29,30)18(19,20)21)16(28)26(17)12-6-7-23-14(8-12)24-34(22,31)32/h2-8,10H,9H2,1H3,(H,23,24)(H2,22,31,32). The van der Waals surface area contributed by atoms with Crippen LogP contribution in [0.1, 0.15) is 13.3 Å². The quantitative estimate of drug-likeness (QED) is 0.569. The highest BCUT2D eigenvalue weighted by Crippen LogP contribution is 2.55. The first-order chi connectivity index (χ1) is 15.6. The fraction of sp³-hybridized carbons (Fsp3) is 0.278. The molecule has 4 rings (SSSR count). The third kappa shape index (κ3) is 3.67. The molecular weight excluding hydrogens is 503 g/mol. The topological polar surface area (TPSA) is 160 Å². The van der Waals surface area contributed by atoms with E-state index in [0.29, 0.717) is 12.1 Å². The largest absolute Gasteiger partial charge is 0.501 e. The van der Waals surface area contributed by atoms with Gasteiger partial charge in [-0.15, -0.1) is 0 Å². The summed E-state index contributed by atoms with van der Waals surface area (Å²) >= 11 is 0. The van der Waals surface area contributed by atoms with Crippen LogP contribution in [0.4, 0.5) is 35.2 Å². The minimum absolute atomic E-state index is 0.127. The number of urea groups is 1. The number of anilines is 3. The summed E-state index contributed by atoms with van der Waals surface area (Å²) in [5, 5.41) is 4.94. The van der Waals surface area contributed by atoms with Crippen LogP contribution in [0, 0.1) is 5.92 Å². The zero-order valence-electron chi connectivity index (χ0n) is 17.1. The van der Waals surface area contributed by atoms with Gasteiger partial charge in [0.15, 0.2) is 0 Å². The van der Waals surface area contributed by atoms with Gasteiger partial charge in [0.1, 0.15) is 11.4 Å². The van der Waals surface area contributed by atoms with Gasteiger partial charge >= 0.3 is 11.5 Å². The van der Waals surface area contributed by atoms with Gasteiger partial charge in [0, 0.05) is 12.3 Å². The molecule has 2 aromatic rings. The number of nitrogens with one attached hydrogen (secondary N) is 1. The number of pyridine rings is 1. The normalized spacial score (nSPS) is 23.0. The van der Waals surface area contributed by atoms with Crippen molar-refractivity contribution in [1.29, 1.82) is 0 Å². The predicted molar refractivity (Wildman–Crippen MR) is 113 cm³/mol. The van der Waals surface area contributed by atoms with Crippen molar-refractivity contribution in [2.75, 3.05) is 14.5 Å². The molecule has 2 fully saturated rings. The van der Waals surface area contributed by atoms with E-state index in [2.05, 4.69) is 4.98 Å². The summed E-state index contributed by atoms with van der Waals surface area (Å²) in [4.78, 5) is 31.2. The molecule has 182 valence electrons. The van der Waals surface area contributed by atoms with Gasteiger partial charge in [0.25, 0.3) is 26.0 Å². The van der Waals surface area contributed by atoms with Gasteiger partial charge in [-0.2, -0.15) is 21.6 Å². The number of hydrogen-bond donors (Lipinski definition) is 2. The van der Waals surface area contributed by atoms with Crippen LogP contribution in [0.2, 0.25) is 0 Å². The predicted octanol–water partition coefficient (Wildman–Crippen LogP) is 1.74. The average Bonchev–Trinajstić information content (AvgIpc) is 3.32. The number of carbonyl (C=O) groups excluding carboxylic acids is 2. The zero-order chi connectivity index (χ0) is 25.3. The lowest BCUT2D eigenvalue weighted by molar-refractivity contribution is -0.119. The highest BCUT2D eigenvalue weighted by atomic mass is 32.2. The summed E-state index contributed by atoms with van der Waals surface area (Å²) in [7, 11) is -9.78. The number of nitrogens with two attached hydrogens (primary N) is 1. The number of aromatic nitrogens is 1. The van der Waals surface area contributed by atoms with Gasteiger partial charge in [-0.3, -0.25) is 14.4 Å². The van der Waals surface area contributed by atoms with E-state index in [-0.39, 0.29) is 29.5 Å². The van der Waals surface area contributed by atoms with Crippen molar-refractivity contribution >= 4 is 49.2 Å². The molecule has 1 spiro atoms. The van der Waals surface area contributed by atoms with Crippen molar-refractivity contribution in [2.24, 2.45) is 11.1 Å². The van der Waals surface area contributed by atoms with Gasteiger partial charge in [-0.1, -0.05) is 6.92 Å². The van der Waals surface area contributed by atoms with Crippen LogP contribution in [-0.4, -0.2) is 44.8 Å². The number of alkyl halides is 3. The van der Waals surface area contributed by atoms with Crippen molar-refractivity contribution in [3.63, 3.8) is 0 Å². The van der Waals surface area contributed by atoms with E-state index >= 15 is 0 Å². The van der Waals surface area contributed by atoms with Gasteiger partial charge in [0.2, 0.25) is 0 Å². The van der Waals surface area contributed by atoms with Gasteiger partial charge in [0.05, 0.1) is 16.3 Å². The molecule has 1 saturated carbocycles. The number of rotatable bonds is 5. The van der Waals surface area contributed by atoms with Crippen molar-refractivity contribution < 1.29 is 39.6 Å². The molecule has 1 saturated heterocycles. The van der Waals surface area contributed by atoms with Crippen molar-refractivity contribution in [3.8, 4) is 0 Å². The minimum Gasteiger partial charge on any atom is -0.278 e. The van der Waals surface area contributed by atoms with Crippen molar-refractivity contribution in [2.45, 2.75) is 29.3 Å². The first-order valence-corrected chi connectivity index (χ1v) is 12.5. The summed E-state index contributed by atoms with van der Waals surface area (Å²) in [6.07, 6.45) is 1.47. The highest BCUT2D eigenvalue weighted by Gasteiger charge is 2.70. The lowest BCUT2D eigenvalue weighted by atomic mass is 10.1. The Morgan fingerprint density at radius 3 is 2.18 bits per heavy atom. The second-order valence-corrected chi connectivity index (χ2v) is 11.0. The number of sulfone groups is 1. The Morgan fingerprint density at radius 1 is 1.09 bits per heavy atom. The van der Waals surface area contributed by atoms with Crippen molar-refractivity contribution in [1.82, 2.24) is 4.98 Å². The monoisotopic (exact) mass is 519 g/mol. The number of amides is 3. The first-order valence-electron chi connectivity index (χ1n) is 9.46. The highest BCUT2D eigenvalue weighted by molar-refractivity contribution is 7.92. The lowest BCUT2D eigenvalue weighted by Crippen LogP contribution is -2.39. The van der Waals surface area contributed by atoms with E-state index in [1.165, 1.54) is 18.3 Å². The summed E-state index contributed by atoms with van der Waals surface area (Å²) in [5.41, 5.74) is -6.81. The molecule has 2 unspecified atom stereocenters. The Kier molecular flexibility index (Phi) is 5.19. The fourth-order valence-corrected chi connectivity index (χ4v) is 5.07. The average molecular weight is 519 g/mol. The van der Waals surface area contributed by atoms with Gasteiger partial charge in [-0.25, -0.2) is 28.2 Å². The number of imide groups is 1. The Balaban J connectivity index is 1.73. The summed E-state index contributed by atoms with van der Waals surface area (Å²) in [6, 6.07) is 4.89.